The maximum absolute atomic E-state index is 12.7. The number of benzene rings is 2. The number of piperidine rings is 1. The number of aliphatic hydroxyl groups is 1. The molecular formula is C25H27Cl2N3O6S. The van der Waals surface area contributed by atoms with E-state index in [2.05, 4.69) is 15.2 Å². The third-order valence-corrected chi connectivity index (χ3v) is 8.30. The Kier molecular flexibility index (Phi) is 8.45. The molecule has 0 aliphatic carbocycles. The Hall–Kier alpha value is -2.63. The highest BCUT2D eigenvalue weighted by Gasteiger charge is 2.27. The number of amides is 1. The Morgan fingerprint density at radius 1 is 1.19 bits per heavy atom. The van der Waals surface area contributed by atoms with E-state index < -0.39 is 15.9 Å². The van der Waals surface area contributed by atoms with E-state index in [4.69, 9.17) is 27.9 Å². The predicted octanol–water partition coefficient (Wildman–Crippen LogP) is 2.87. The number of carbonyl (C=O) groups is 1. The van der Waals surface area contributed by atoms with Crippen LogP contribution in [0.1, 0.15) is 23.2 Å². The van der Waals surface area contributed by atoms with E-state index >= 15 is 0 Å². The van der Waals surface area contributed by atoms with Crippen LogP contribution in [0, 0.1) is 0 Å². The smallest absolute Gasteiger partial charge is 0.255 e. The summed E-state index contributed by atoms with van der Waals surface area (Å²) in [6.45, 7) is 1.63. The van der Waals surface area contributed by atoms with Crippen molar-refractivity contribution in [1.82, 2.24) is 15.2 Å². The number of ether oxygens (including phenoxy) is 1. The first-order valence-electron chi connectivity index (χ1n) is 11.7. The van der Waals surface area contributed by atoms with Crippen LogP contribution >= 0.6 is 23.2 Å². The van der Waals surface area contributed by atoms with Crippen LogP contribution in [0.3, 0.4) is 0 Å². The lowest BCUT2D eigenvalue weighted by molar-refractivity contribution is 0.0585. The molecule has 12 heteroatoms. The summed E-state index contributed by atoms with van der Waals surface area (Å²) in [6, 6.07) is 9.85. The fraction of sp³-hybridized carbons (Fsp3) is 0.360. The standard InChI is InChI=1S/C25H27Cl2N3O6S/c1-37(34,35)23-21(7-6-20(26)22(23)27)36-16-8-10-30(11-9-16)14-15(31)12-28-25(33)19-13-29-24(32)18-5-3-2-4-17(18)19/h2-7,13,15-16,31H,8-12,14H2,1H3,(H,28,33)(H,29,32). The SMILES string of the molecule is CS(=O)(=O)c1c(OC2CCN(CC(O)CNC(=O)c3c[nH]c(=O)c4ccccc34)CC2)ccc(Cl)c1Cl. The summed E-state index contributed by atoms with van der Waals surface area (Å²) in [7, 11) is -3.65. The van der Waals surface area contributed by atoms with Gasteiger partial charge in [0.05, 0.1) is 21.7 Å². The number of nitrogens with zero attached hydrogens (tertiary/aromatic N) is 1. The number of hydrogen-bond donors (Lipinski definition) is 3. The van der Waals surface area contributed by atoms with E-state index in [0.717, 1.165) is 6.26 Å². The lowest BCUT2D eigenvalue weighted by atomic mass is 10.1. The van der Waals surface area contributed by atoms with Crippen LogP contribution in [0.4, 0.5) is 0 Å². The number of pyridine rings is 1. The van der Waals surface area contributed by atoms with Gasteiger partial charge in [0.15, 0.2) is 9.84 Å². The molecule has 0 saturated carbocycles. The van der Waals surface area contributed by atoms with E-state index in [1.54, 1.807) is 24.3 Å². The van der Waals surface area contributed by atoms with Crippen LogP contribution in [0.15, 0.2) is 52.3 Å². The van der Waals surface area contributed by atoms with Gasteiger partial charge in [0.2, 0.25) is 0 Å². The second-order valence-corrected chi connectivity index (χ2v) is 11.8. The van der Waals surface area contributed by atoms with E-state index in [1.807, 2.05) is 0 Å². The number of aromatic amines is 1. The minimum absolute atomic E-state index is 0.0453. The van der Waals surface area contributed by atoms with Crippen molar-refractivity contribution in [2.45, 2.75) is 29.9 Å². The summed E-state index contributed by atoms with van der Waals surface area (Å²) >= 11 is 12.1. The van der Waals surface area contributed by atoms with Crippen molar-refractivity contribution in [3.63, 3.8) is 0 Å². The third-order valence-electron chi connectivity index (χ3n) is 6.23. The minimum atomic E-state index is -3.65. The molecule has 0 radical (unpaired) electrons. The molecule has 1 atom stereocenters. The number of nitrogens with one attached hydrogen (secondary N) is 2. The minimum Gasteiger partial charge on any atom is -0.489 e. The van der Waals surface area contributed by atoms with Crippen molar-refractivity contribution < 1.29 is 23.1 Å². The molecular weight excluding hydrogens is 541 g/mol. The average molecular weight is 568 g/mol. The fourth-order valence-electron chi connectivity index (χ4n) is 4.41. The van der Waals surface area contributed by atoms with Gasteiger partial charge in [-0.3, -0.25) is 9.59 Å². The molecule has 4 rings (SSSR count). The molecule has 1 fully saturated rings. The van der Waals surface area contributed by atoms with Gasteiger partial charge in [0.25, 0.3) is 11.5 Å². The molecule has 1 saturated heterocycles. The number of H-pyrrole nitrogens is 1. The van der Waals surface area contributed by atoms with Crippen molar-refractivity contribution in [3.05, 3.63) is 68.6 Å². The van der Waals surface area contributed by atoms with Crippen LogP contribution in [-0.4, -0.2) is 74.0 Å². The maximum atomic E-state index is 12.7. The Balaban J connectivity index is 1.29. The zero-order valence-corrected chi connectivity index (χ0v) is 22.4. The van der Waals surface area contributed by atoms with Gasteiger partial charge in [-0.15, -0.1) is 0 Å². The number of β-amino-alcohol motifs (C(OH)–C–C–N with tert-alkyl or cyclic N) is 1. The molecule has 1 aliphatic rings. The summed E-state index contributed by atoms with van der Waals surface area (Å²) in [6.07, 6.45) is 2.64. The molecule has 1 amide bonds. The van der Waals surface area contributed by atoms with Crippen molar-refractivity contribution >= 4 is 49.7 Å². The molecule has 3 N–H and O–H groups in total. The number of carbonyl (C=O) groups excluding carboxylic acids is 1. The highest BCUT2D eigenvalue weighted by molar-refractivity contribution is 7.91. The molecule has 3 aromatic rings. The summed E-state index contributed by atoms with van der Waals surface area (Å²) in [5.74, 6) is -0.213. The predicted molar refractivity (Wildman–Crippen MR) is 143 cm³/mol. The van der Waals surface area contributed by atoms with Crippen molar-refractivity contribution in [2.24, 2.45) is 0 Å². The topological polar surface area (TPSA) is 129 Å². The number of hydrogen-bond acceptors (Lipinski definition) is 7. The van der Waals surface area contributed by atoms with Gasteiger partial charge >= 0.3 is 0 Å². The molecule has 2 heterocycles. The second kappa shape index (κ2) is 11.4. The number of aliphatic hydroxyl groups excluding tert-OH is 1. The van der Waals surface area contributed by atoms with Gasteiger partial charge in [0.1, 0.15) is 16.7 Å². The lowest BCUT2D eigenvalue weighted by Gasteiger charge is -2.33. The molecule has 1 unspecified atom stereocenters. The Morgan fingerprint density at radius 2 is 1.86 bits per heavy atom. The Bertz CT molecular complexity index is 1470. The number of fused-ring (bicyclic) bond motifs is 1. The molecule has 0 bridgehead atoms. The summed E-state index contributed by atoms with van der Waals surface area (Å²) in [4.78, 5) is 29.2. The largest absolute Gasteiger partial charge is 0.489 e. The third kappa shape index (κ3) is 6.45. The van der Waals surface area contributed by atoms with E-state index in [-0.39, 0.29) is 44.8 Å². The van der Waals surface area contributed by atoms with Crippen LogP contribution in [-0.2, 0) is 9.84 Å². The van der Waals surface area contributed by atoms with Gasteiger partial charge in [-0.1, -0.05) is 41.4 Å². The first-order valence-corrected chi connectivity index (χ1v) is 14.3. The monoisotopic (exact) mass is 567 g/mol. The van der Waals surface area contributed by atoms with Crippen molar-refractivity contribution in [3.8, 4) is 5.75 Å². The molecule has 1 aliphatic heterocycles. The number of halogens is 2. The van der Waals surface area contributed by atoms with Gasteiger partial charge in [0, 0.05) is 49.4 Å². The van der Waals surface area contributed by atoms with Crippen molar-refractivity contribution in [2.75, 3.05) is 32.4 Å². The molecule has 0 spiro atoms. The average Bonchev–Trinajstić information content (AvgIpc) is 2.85. The molecule has 2 aromatic carbocycles. The normalized spacial score (nSPS) is 16.0. The summed E-state index contributed by atoms with van der Waals surface area (Å²) in [5.41, 5.74) is 0.0578. The summed E-state index contributed by atoms with van der Waals surface area (Å²) in [5, 5.41) is 14.3. The van der Waals surface area contributed by atoms with Gasteiger partial charge in [-0.25, -0.2) is 8.42 Å². The van der Waals surface area contributed by atoms with Crippen LogP contribution in [0.2, 0.25) is 10.0 Å². The zero-order chi connectivity index (χ0) is 26.7. The van der Waals surface area contributed by atoms with Crippen molar-refractivity contribution in [1.29, 1.82) is 0 Å². The molecule has 1 aromatic heterocycles. The van der Waals surface area contributed by atoms with E-state index in [1.165, 1.54) is 18.3 Å². The fourth-order valence-corrected chi connectivity index (χ4v) is 6.11. The molecule has 198 valence electrons. The Morgan fingerprint density at radius 3 is 2.54 bits per heavy atom. The van der Waals surface area contributed by atoms with Gasteiger partial charge in [-0.2, -0.15) is 0 Å². The zero-order valence-electron chi connectivity index (χ0n) is 20.0. The van der Waals surface area contributed by atoms with Crippen LogP contribution in [0.5, 0.6) is 5.75 Å². The highest BCUT2D eigenvalue weighted by Crippen LogP contribution is 2.37. The maximum Gasteiger partial charge on any atom is 0.255 e. The van der Waals surface area contributed by atoms with E-state index in [0.29, 0.717) is 48.8 Å². The lowest BCUT2D eigenvalue weighted by Crippen LogP contribution is -2.45. The van der Waals surface area contributed by atoms with Crippen LogP contribution < -0.4 is 15.6 Å². The molecule has 9 nitrogen and oxygen atoms in total. The summed E-state index contributed by atoms with van der Waals surface area (Å²) < 4.78 is 30.4. The number of sulfone groups is 1. The number of aromatic nitrogens is 1. The Labute approximate surface area is 224 Å². The molecule has 37 heavy (non-hydrogen) atoms. The first-order chi connectivity index (χ1) is 17.5. The quantitative estimate of drug-likeness (QED) is 0.381. The number of rotatable bonds is 8. The van der Waals surface area contributed by atoms with Gasteiger partial charge in [-0.05, 0) is 31.0 Å². The first kappa shape index (κ1) is 27.4. The van der Waals surface area contributed by atoms with E-state index in [9.17, 15) is 23.1 Å². The highest BCUT2D eigenvalue weighted by atomic mass is 35.5. The number of likely N-dealkylation sites (tertiary alicyclic amines) is 1. The second-order valence-electron chi connectivity index (χ2n) is 9.02. The van der Waals surface area contributed by atoms with Crippen LogP contribution in [0.25, 0.3) is 10.8 Å². The van der Waals surface area contributed by atoms with Gasteiger partial charge < -0.3 is 25.0 Å².